The SMILES string of the molecule is COCCCCc1c(C(=O)N(CC(C)C)[C@@H]2CNC[C@H](C(=O)N3CCOCC3)C2)nnn1-c1cccc(F)c1. The van der Waals surface area contributed by atoms with E-state index in [-0.39, 0.29) is 41.2 Å². The molecule has 11 heteroatoms. The standard InChI is InChI=1S/C28H41FN6O4/c1-20(2)19-34(24-15-21(17-30-18-24)27(36)33-10-13-39-14-11-33)28(37)26-25(9-4-5-12-38-3)35(32-31-26)23-8-6-7-22(29)16-23/h6-8,16,20-21,24,30H,4-5,9-15,17-19H2,1-3H3/t21-,24+/m1/s1. The number of halogens is 1. The summed E-state index contributed by atoms with van der Waals surface area (Å²) in [6.45, 7) is 8.79. The first-order valence-electron chi connectivity index (χ1n) is 14.0. The van der Waals surface area contributed by atoms with Crippen LogP contribution in [0.15, 0.2) is 24.3 Å². The molecule has 2 aromatic rings. The molecule has 1 aromatic carbocycles. The molecule has 0 unspecified atom stereocenters. The van der Waals surface area contributed by atoms with E-state index in [9.17, 15) is 14.0 Å². The molecule has 0 saturated carbocycles. The first kappa shape index (κ1) is 29.1. The van der Waals surface area contributed by atoms with Crippen molar-refractivity contribution < 1.29 is 23.5 Å². The number of rotatable bonds is 11. The van der Waals surface area contributed by atoms with Crippen molar-refractivity contribution in [3.63, 3.8) is 0 Å². The number of hydrogen-bond acceptors (Lipinski definition) is 7. The first-order valence-corrected chi connectivity index (χ1v) is 14.0. The number of piperidine rings is 1. The summed E-state index contributed by atoms with van der Waals surface area (Å²) < 4.78 is 26.2. The van der Waals surface area contributed by atoms with Gasteiger partial charge in [0.2, 0.25) is 5.91 Å². The van der Waals surface area contributed by atoms with Crippen molar-refractivity contribution in [3.05, 3.63) is 41.5 Å². The van der Waals surface area contributed by atoms with Crippen LogP contribution in [0.1, 0.15) is 49.3 Å². The van der Waals surface area contributed by atoms with Crippen molar-refractivity contribution in [2.24, 2.45) is 11.8 Å². The van der Waals surface area contributed by atoms with Crippen LogP contribution in [0.2, 0.25) is 0 Å². The lowest BCUT2D eigenvalue weighted by molar-refractivity contribution is -0.140. The van der Waals surface area contributed by atoms with Gasteiger partial charge in [0.15, 0.2) is 5.69 Å². The topological polar surface area (TPSA) is 102 Å². The van der Waals surface area contributed by atoms with Crippen LogP contribution in [0.3, 0.4) is 0 Å². The molecule has 2 atom stereocenters. The maximum Gasteiger partial charge on any atom is 0.276 e. The third-order valence-electron chi connectivity index (χ3n) is 7.29. The van der Waals surface area contributed by atoms with Crippen LogP contribution in [-0.4, -0.2) is 102 Å². The summed E-state index contributed by atoms with van der Waals surface area (Å²) in [4.78, 5) is 31.1. The second kappa shape index (κ2) is 14.0. The van der Waals surface area contributed by atoms with E-state index < -0.39 is 0 Å². The van der Waals surface area contributed by atoms with E-state index in [1.54, 1.807) is 23.9 Å². The first-order chi connectivity index (χ1) is 18.9. The fraction of sp³-hybridized carbons (Fsp3) is 0.643. The predicted octanol–water partition coefficient (Wildman–Crippen LogP) is 2.31. The number of morpholine rings is 1. The smallest absolute Gasteiger partial charge is 0.276 e. The van der Waals surface area contributed by atoms with E-state index in [1.807, 2.05) is 9.80 Å². The van der Waals surface area contributed by atoms with Gasteiger partial charge in [0.05, 0.1) is 30.5 Å². The van der Waals surface area contributed by atoms with Gasteiger partial charge in [-0.05, 0) is 49.8 Å². The highest BCUT2D eigenvalue weighted by Crippen LogP contribution is 2.24. The molecule has 214 valence electrons. The molecule has 39 heavy (non-hydrogen) atoms. The number of nitrogens with zero attached hydrogens (tertiary/aromatic N) is 5. The highest BCUT2D eigenvalue weighted by Gasteiger charge is 2.37. The number of nitrogens with one attached hydrogen (secondary N) is 1. The van der Waals surface area contributed by atoms with Crippen molar-refractivity contribution in [2.75, 3.05) is 59.7 Å². The third kappa shape index (κ3) is 7.40. The summed E-state index contributed by atoms with van der Waals surface area (Å²) in [6, 6.07) is 5.97. The Kier molecular flexibility index (Phi) is 10.4. The summed E-state index contributed by atoms with van der Waals surface area (Å²) in [6.07, 6.45) is 2.71. The number of hydrogen-bond donors (Lipinski definition) is 1. The molecule has 0 aliphatic carbocycles. The summed E-state index contributed by atoms with van der Waals surface area (Å²) in [5.74, 6) is -0.469. The largest absolute Gasteiger partial charge is 0.385 e. The summed E-state index contributed by atoms with van der Waals surface area (Å²) in [5.41, 5.74) is 1.45. The Morgan fingerprint density at radius 3 is 2.74 bits per heavy atom. The highest BCUT2D eigenvalue weighted by molar-refractivity contribution is 5.94. The van der Waals surface area contributed by atoms with Crippen molar-refractivity contribution in [1.29, 1.82) is 0 Å². The van der Waals surface area contributed by atoms with Crippen LogP contribution >= 0.6 is 0 Å². The van der Waals surface area contributed by atoms with Gasteiger partial charge in [-0.1, -0.05) is 25.1 Å². The van der Waals surface area contributed by atoms with Gasteiger partial charge in [-0.3, -0.25) is 9.59 Å². The Morgan fingerprint density at radius 1 is 1.23 bits per heavy atom. The van der Waals surface area contributed by atoms with Gasteiger partial charge in [0.25, 0.3) is 5.91 Å². The van der Waals surface area contributed by atoms with Crippen LogP contribution in [0.5, 0.6) is 0 Å². The number of unbranched alkanes of at least 4 members (excludes halogenated alkanes) is 1. The zero-order chi connectivity index (χ0) is 27.8. The van der Waals surface area contributed by atoms with E-state index in [2.05, 4.69) is 29.5 Å². The van der Waals surface area contributed by atoms with Gasteiger partial charge in [-0.2, -0.15) is 0 Å². The second-order valence-electron chi connectivity index (χ2n) is 10.8. The number of carbonyl (C=O) groups is 2. The lowest BCUT2D eigenvalue weighted by atomic mass is 9.92. The van der Waals surface area contributed by atoms with E-state index >= 15 is 0 Å². The Balaban J connectivity index is 1.59. The Morgan fingerprint density at radius 2 is 2.03 bits per heavy atom. The minimum absolute atomic E-state index is 0.114. The zero-order valence-corrected chi connectivity index (χ0v) is 23.3. The number of amides is 2. The molecule has 0 bridgehead atoms. The molecular weight excluding hydrogens is 503 g/mol. The molecule has 1 aromatic heterocycles. The molecule has 1 N–H and O–H groups in total. The third-order valence-corrected chi connectivity index (χ3v) is 7.29. The Labute approximate surface area is 229 Å². The van der Waals surface area contributed by atoms with E-state index in [4.69, 9.17) is 9.47 Å². The fourth-order valence-corrected chi connectivity index (χ4v) is 5.36. The molecule has 2 fully saturated rings. The van der Waals surface area contributed by atoms with Crippen molar-refractivity contribution in [1.82, 2.24) is 30.1 Å². The maximum absolute atomic E-state index is 14.2. The molecule has 2 aliphatic heterocycles. The molecule has 2 amide bonds. The highest BCUT2D eigenvalue weighted by atomic mass is 19.1. The second-order valence-corrected chi connectivity index (χ2v) is 10.8. The molecule has 2 saturated heterocycles. The Bertz CT molecular complexity index is 1100. The number of carbonyl (C=O) groups excluding carboxylic acids is 2. The number of ether oxygens (including phenoxy) is 2. The van der Waals surface area contributed by atoms with Gasteiger partial charge >= 0.3 is 0 Å². The predicted molar refractivity (Wildman–Crippen MR) is 144 cm³/mol. The quantitative estimate of drug-likeness (QED) is 0.433. The summed E-state index contributed by atoms with van der Waals surface area (Å²) >= 11 is 0. The van der Waals surface area contributed by atoms with Crippen LogP contribution in [0.25, 0.3) is 5.69 Å². The molecule has 0 radical (unpaired) electrons. The number of methoxy groups -OCH3 is 1. The monoisotopic (exact) mass is 544 g/mol. The number of aromatic nitrogens is 3. The van der Waals surface area contributed by atoms with E-state index in [0.717, 1.165) is 12.8 Å². The van der Waals surface area contributed by atoms with Crippen molar-refractivity contribution in [2.45, 2.75) is 45.6 Å². The molecular formula is C28H41FN6O4. The van der Waals surface area contributed by atoms with Crippen LogP contribution in [0, 0.1) is 17.7 Å². The zero-order valence-electron chi connectivity index (χ0n) is 23.3. The lowest BCUT2D eigenvalue weighted by Gasteiger charge is -2.40. The van der Waals surface area contributed by atoms with Gasteiger partial charge in [-0.25, -0.2) is 9.07 Å². The van der Waals surface area contributed by atoms with Crippen molar-refractivity contribution >= 4 is 11.8 Å². The fourth-order valence-electron chi connectivity index (χ4n) is 5.36. The minimum atomic E-state index is -0.382. The van der Waals surface area contributed by atoms with Crippen molar-refractivity contribution in [3.8, 4) is 5.69 Å². The molecule has 10 nitrogen and oxygen atoms in total. The molecule has 0 spiro atoms. The van der Waals surface area contributed by atoms with Gasteiger partial charge in [-0.15, -0.1) is 5.10 Å². The Hall–Kier alpha value is -2.89. The van der Waals surface area contributed by atoms with E-state index in [1.165, 1.54) is 12.1 Å². The molecule has 4 rings (SSSR count). The summed E-state index contributed by atoms with van der Waals surface area (Å²) in [7, 11) is 1.66. The summed E-state index contributed by atoms with van der Waals surface area (Å²) in [5, 5.41) is 12.0. The van der Waals surface area contributed by atoms with Crippen LogP contribution in [0.4, 0.5) is 4.39 Å². The minimum Gasteiger partial charge on any atom is -0.385 e. The molecule has 3 heterocycles. The van der Waals surface area contributed by atoms with Crippen LogP contribution in [-0.2, 0) is 20.7 Å². The average Bonchev–Trinajstić information content (AvgIpc) is 3.37. The lowest BCUT2D eigenvalue weighted by Crippen LogP contribution is -2.56. The number of benzene rings is 1. The van der Waals surface area contributed by atoms with Gasteiger partial charge in [0.1, 0.15) is 5.82 Å². The maximum atomic E-state index is 14.2. The van der Waals surface area contributed by atoms with Crippen LogP contribution < -0.4 is 5.32 Å². The van der Waals surface area contributed by atoms with Gasteiger partial charge < -0.3 is 24.6 Å². The molecule has 2 aliphatic rings. The van der Waals surface area contributed by atoms with Gasteiger partial charge in [0, 0.05) is 52.5 Å². The average molecular weight is 545 g/mol. The normalized spacial score (nSPS) is 19.9. The van der Waals surface area contributed by atoms with E-state index in [0.29, 0.717) is 76.8 Å².